The average Bonchev–Trinajstić information content (AvgIpc) is 2.72. The van der Waals surface area contributed by atoms with Crippen molar-refractivity contribution in [3.63, 3.8) is 0 Å². The fraction of sp³-hybridized carbons (Fsp3) is 0.857. The van der Waals surface area contributed by atoms with Crippen molar-refractivity contribution >= 4 is 11.9 Å². The predicted molar refractivity (Wildman–Crippen MR) is 70.2 cm³/mol. The summed E-state index contributed by atoms with van der Waals surface area (Å²) in [5, 5.41) is 9.23. The number of hydrogen-bond acceptors (Lipinski definition) is 2. The molecule has 1 amide bonds. The molecule has 1 aliphatic rings. The second-order valence-electron chi connectivity index (χ2n) is 5.51. The summed E-state index contributed by atoms with van der Waals surface area (Å²) >= 11 is 0. The number of rotatable bonds is 5. The molecule has 1 rings (SSSR count). The van der Waals surface area contributed by atoms with E-state index in [-0.39, 0.29) is 17.9 Å². The molecule has 18 heavy (non-hydrogen) atoms. The lowest BCUT2D eigenvalue weighted by atomic mass is 9.94. The normalized spacial score (nSPS) is 29.0. The third-order valence-electron chi connectivity index (χ3n) is 4.18. The molecule has 1 aliphatic carbocycles. The minimum atomic E-state index is -0.821. The van der Waals surface area contributed by atoms with Gasteiger partial charge in [-0.1, -0.05) is 13.8 Å². The van der Waals surface area contributed by atoms with Crippen molar-refractivity contribution in [3.8, 4) is 0 Å². The summed E-state index contributed by atoms with van der Waals surface area (Å²) in [4.78, 5) is 25.6. The molecule has 4 heteroatoms. The van der Waals surface area contributed by atoms with Gasteiger partial charge < -0.3 is 10.0 Å². The number of carbonyl (C=O) groups excluding carboxylic acids is 1. The van der Waals surface area contributed by atoms with Gasteiger partial charge in [0.1, 0.15) is 0 Å². The highest BCUT2D eigenvalue weighted by Crippen LogP contribution is 2.37. The molecule has 0 aromatic heterocycles. The molecular weight excluding hydrogens is 230 g/mol. The SMILES string of the molecule is CCC(C)N(CC)C(=O)[C@H]1CC(C)C[C@H]1C(=O)O. The van der Waals surface area contributed by atoms with Crippen LogP contribution in [0.15, 0.2) is 0 Å². The molecule has 0 radical (unpaired) electrons. The number of carboxylic acid groups (broad SMARTS) is 1. The maximum atomic E-state index is 12.5. The fourth-order valence-corrected chi connectivity index (χ4v) is 2.96. The zero-order valence-corrected chi connectivity index (χ0v) is 11.8. The van der Waals surface area contributed by atoms with Gasteiger partial charge in [0.2, 0.25) is 5.91 Å². The molecular formula is C14H25NO3. The molecule has 0 aromatic rings. The molecule has 104 valence electrons. The van der Waals surface area contributed by atoms with Crippen LogP contribution in [0.5, 0.6) is 0 Å². The van der Waals surface area contributed by atoms with Crippen LogP contribution < -0.4 is 0 Å². The molecule has 1 fully saturated rings. The van der Waals surface area contributed by atoms with E-state index in [0.29, 0.717) is 25.3 Å². The van der Waals surface area contributed by atoms with Gasteiger partial charge >= 0.3 is 5.97 Å². The predicted octanol–water partition coefficient (Wildman–Crippen LogP) is 2.38. The monoisotopic (exact) mass is 255 g/mol. The van der Waals surface area contributed by atoms with Crippen LogP contribution in [0, 0.1) is 17.8 Å². The molecule has 0 aliphatic heterocycles. The van der Waals surface area contributed by atoms with Crippen LogP contribution >= 0.6 is 0 Å². The first kappa shape index (κ1) is 15.0. The van der Waals surface area contributed by atoms with Crippen molar-refractivity contribution in [2.45, 2.75) is 53.0 Å². The molecule has 0 bridgehead atoms. The highest BCUT2D eigenvalue weighted by Gasteiger charge is 2.43. The van der Waals surface area contributed by atoms with Crippen molar-refractivity contribution < 1.29 is 14.7 Å². The van der Waals surface area contributed by atoms with E-state index < -0.39 is 11.9 Å². The quantitative estimate of drug-likeness (QED) is 0.820. The first-order valence-electron chi connectivity index (χ1n) is 6.95. The third kappa shape index (κ3) is 3.03. The van der Waals surface area contributed by atoms with E-state index in [9.17, 15) is 14.7 Å². The van der Waals surface area contributed by atoms with E-state index in [1.807, 2.05) is 32.6 Å². The summed E-state index contributed by atoms with van der Waals surface area (Å²) in [6.45, 7) is 8.72. The summed E-state index contributed by atoms with van der Waals surface area (Å²) in [6.07, 6.45) is 2.24. The maximum absolute atomic E-state index is 12.5. The Hall–Kier alpha value is -1.06. The lowest BCUT2D eigenvalue weighted by molar-refractivity contribution is -0.149. The van der Waals surface area contributed by atoms with Crippen molar-refractivity contribution in [2.24, 2.45) is 17.8 Å². The van der Waals surface area contributed by atoms with Gasteiger partial charge in [-0.05, 0) is 39.0 Å². The molecule has 1 saturated carbocycles. The summed E-state index contributed by atoms with van der Waals surface area (Å²) in [7, 11) is 0. The topological polar surface area (TPSA) is 57.6 Å². The minimum Gasteiger partial charge on any atom is -0.481 e. The van der Waals surface area contributed by atoms with Crippen LogP contribution in [-0.2, 0) is 9.59 Å². The summed E-state index contributed by atoms with van der Waals surface area (Å²) < 4.78 is 0. The Labute approximate surface area is 109 Å². The Morgan fingerprint density at radius 1 is 1.28 bits per heavy atom. The van der Waals surface area contributed by atoms with E-state index in [1.165, 1.54) is 0 Å². The number of carbonyl (C=O) groups is 2. The lowest BCUT2D eigenvalue weighted by Crippen LogP contribution is -2.43. The smallest absolute Gasteiger partial charge is 0.307 e. The highest BCUT2D eigenvalue weighted by molar-refractivity contribution is 5.85. The van der Waals surface area contributed by atoms with Gasteiger partial charge in [-0.25, -0.2) is 0 Å². The lowest BCUT2D eigenvalue weighted by Gasteiger charge is -2.31. The van der Waals surface area contributed by atoms with Crippen LogP contribution in [0.3, 0.4) is 0 Å². The van der Waals surface area contributed by atoms with E-state index in [4.69, 9.17) is 0 Å². The van der Waals surface area contributed by atoms with Gasteiger partial charge in [-0.15, -0.1) is 0 Å². The standard InChI is InChI=1S/C14H25NO3/c1-5-10(4)15(6-2)13(16)11-7-9(3)8-12(11)14(17)18/h9-12H,5-8H2,1-4H3,(H,17,18)/t9?,10?,11-,12+/m0/s1. The number of aliphatic carboxylic acids is 1. The molecule has 4 nitrogen and oxygen atoms in total. The molecule has 0 saturated heterocycles. The van der Waals surface area contributed by atoms with Crippen molar-refractivity contribution in [2.75, 3.05) is 6.54 Å². The maximum Gasteiger partial charge on any atom is 0.307 e. The first-order valence-corrected chi connectivity index (χ1v) is 6.95. The Bertz CT molecular complexity index is 316. The van der Waals surface area contributed by atoms with Crippen LogP contribution in [0.25, 0.3) is 0 Å². The van der Waals surface area contributed by atoms with E-state index in [2.05, 4.69) is 0 Å². The number of carboxylic acids is 1. The zero-order valence-electron chi connectivity index (χ0n) is 11.8. The molecule has 2 unspecified atom stereocenters. The van der Waals surface area contributed by atoms with Crippen molar-refractivity contribution in [1.82, 2.24) is 4.90 Å². The van der Waals surface area contributed by atoms with Gasteiger partial charge in [-0.2, -0.15) is 0 Å². The van der Waals surface area contributed by atoms with Gasteiger partial charge in [-0.3, -0.25) is 9.59 Å². The van der Waals surface area contributed by atoms with Crippen molar-refractivity contribution in [3.05, 3.63) is 0 Å². The Morgan fingerprint density at radius 2 is 1.83 bits per heavy atom. The molecule has 4 atom stereocenters. The van der Waals surface area contributed by atoms with Gasteiger partial charge in [0.15, 0.2) is 0 Å². The number of amides is 1. The zero-order chi connectivity index (χ0) is 13.9. The number of hydrogen-bond donors (Lipinski definition) is 1. The van der Waals surface area contributed by atoms with Crippen LogP contribution in [0.4, 0.5) is 0 Å². The van der Waals surface area contributed by atoms with E-state index in [1.54, 1.807) is 0 Å². The fourth-order valence-electron chi connectivity index (χ4n) is 2.96. The first-order chi connectivity index (χ1) is 8.42. The van der Waals surface area contributed by atoms with Gasteiger partial charge in [0.05, 0.1) is 11.8 Å². The second-order valence-corrected chi connectivity index (χ2v) is 5.51. The molecule has 0 heterocycles. The molecule has 1 N–H and O–H groups in total. The number of nitrogens with zero attached hydrogens (tertiary/aromatic N) is 1. The largest absolute Gasteiger partial charge is 0.481 e. The van der Waals surface area contributed by atoms with Crippen LogP contribution in [-0.4, -0.2) is 34.5 Å². The van der Waals surface area contributed by atoms with Gasteiger partial charge in [0, 0.05) is 12.6 Å². The summed E-state index contributed by atoms with van der Waals surface area (Å²) in [6, 6.07) is 0.188. The van der Waals surface area contributed by atoms with Gasteiger partial charge in [0.25, 0.3) is 0 Å². The van der Waals surface area contributed by atoms with Crippen molar-refractivity contribution in [1.29, 1.82) is 0 Å². The molecule has 0 spiro atoms. The average molecular weight is 255 g/mol. The minimum absolute atomic E-state index is 0.0311. The Morgan fingerprint density at radius 3 is 2.28 bits per heavy atom. The highest BCUT2D eigenvalue weighted by atomic mass is 16.4. The molecule has 0 aromatic carbocycles. The Kier molecular flexibility index (Phi) is 5.17. The van der Waals surface area contributed by atoms with E-state index >= 15 is 0 Å². The second kappa shape index (κ2) is 6.21. The Balaban J connectivity index is 2.83. The summed E-state index contributed by atoms with van der Waals surface area (Å²) in [5.41, 5.74) is 0. The van der Waals surface area contributed by atoms with E-state index in [0.717, 1.165) is 6.42 Å². The third-order valence-corrected chi connectivity index (χ3v) is 4.18. The van der Waals surface area contributed by atoms with Crippen LogP contribution in [0.2, 0.25) is 0 Å². The van der Waals surface area contributed by atoms with Crippen LogP contribution in [0.1, 0.15) is 47.0 Å². The summed E-state index contributed by atoms with van der Waals surface area (Å²) in [5.74, 6) is -1.28.